The Morgan fingerprint density at radius 1 is 1.25 bits per heavy atom. The van der Waals surface area contributed by atoms with Gasteiger partial charge in [0.2, 0.25) is 0 Å². The van der Waals surface area contributed by atoms with Crippen molar-refractivity contribution < 1.29 is 9.18 Å². The first-order valence-corrected chi connectivity index (χ1v) is 9.23. The monoisotopic (exact) mass is 345 g/mol. The first-order chi connectivity index (χ1) is 11.6. The van der Waals surface area contributed by atoms with Crippen LogP contribution in [0.3, 0.4) is 0 Å². The molecule has 3 heterocycles. The molecule has 2 atom stereocenters. The summed E-state index contributed by atoms with van der Waals surface area (Å²) in [6.45, 7) is 0. The summed E-state index contributed by atoms with van der Waals surface area (Å²) in [5, 5.41) is 6.15. The minimum absolute atomic E-state index is 0.0223. The van der Waals surface area contributed by atoms with Crippen LogP contribution in [0, 0.1) is 5.82 Å². The zero-order valence-corrected chi connectivity index (χ0v) is 14.4. The summed E-state index contributed by atoms with van der Waals surface area (Å²) in [6, 6.07) is 7.59. The molecule has 2 aliphatic rings. The van der Waals surface area contributed by atoms with Gasteiger partial charge in [0.15, 0.2) is 0 Å². The molecular formula is C18H20FN3OS. The Labute approximate surface area is 144 Å². The highest BCUT2D eigenvalue weighted by molar-refractivity contribution is 7.13. The van der Waals surface area contributed by atoms with Gasteiger partial charge in [-0.2, -0.15) is 0 Å². The molecule has 2 bridgehead atoms. The lowest BCUT2D eigenvalue weighted by atomic mass is 9.98. The largest absolute Gasteiger partial charge is 0.337 e. The van der Waals surface area contributed by atoms with E-state index >= 15 is 0 Å². The highest BCUT2D eigenvalue weighted by atomic mass is 32.1. The Morgan fingerprint density at radius 3 is 2.58 bits per heavy atom. The predicted molar refractivity (Wildman–Crippen MR) is 92.6 cm³/mol. The maximum absolute atomic E-state index is 13.0. The fourth-order valence-electron chi connectivity index (χ4n) is 3.79. The van der Waals surface area contributed by atoms with Crippen molar-refractivity contribution in [1.29, 1.82) is 0 Å². The first kappa shape index (κ1) is 15.7. The van der Waals surface area contributed by atoms with E-state index in [1.54, 1.807) is 17.5 Å². The van der Waals surface area contributed by atoms with E-state index < -0.39 is 0 Å². The van der Waals surface area contributed by atoms with Gasteiger partial charge in [0.25, 0.3) is 5.91 Å². The number of amides is 1. The quantitative estimate of drug-likeness (QED) is 0.928. The second-order valence-electron chi connectivity index (χ2n) is 6.72. The number of carbonyl (C=O) groups is 1. The van der Waals surface area contributed by atoms with Crippen LogP contribution in [0.4, 0.5) is 4.39 Å². The summed E-state index contributed by atoms with van der Waals surface area (Å²) in [4.78, 5) is 19.1. The van der Waals surface area contributed by atoms with Crippen molar-refractivity contribution in [2.45, 2.75) is 43.8 Å². The molecule has 2 aromatic rings. The Kier molecular flexibility index (Phi) is 4.10. The number of rotatable bonds is 3. The van der Waals surface area contributed by atoms with Gasteiger partial charge < -0.3 is 10.2 Å². The molecule has 0 saturated carbocycles. The van der Waals surface area contributed by atoms with E-state index in [-0.39, 0.29) is 17.8 Å². The third-order valence-electron chi connectivity index (χ3n) is 5.13. The van der Waals surface area contributed by atoms with Crippen LogP contribution in [0.1, 0.15) is 36.2 Å². The number of piperidine rings is 1. The van der Waals surface area contributed by atoms with Gasteiger partial charge in [-0.1, -0.05) is 0 Å². The van der Waals surface area contributed by atoms with Gasteiger partial charge in [-0.15, -0.1) is 11.3 Å². The van der Waals surface area contributed by atoms with Crippen molar-refractivity contribution in [2.24, 2.45) is 0 Å². The first-order valence-electron chi connectivity index (χ1n) is 8.35. The molecule has 1 N–H and O–H groups in total. The molecule has 0 spiro atoms. The zero-order chi connectivity index (χ0) is 16.7. The molecule has 0 aliphatic carbocycles. The summed E-state index contributed by atoms with van der Waals surface area (Å²) in [7, 11) is 1.88. The molecule has 2 aliphatic heterocycles. The van der Waals surface area contributed by atoms with Gasteiger partial charge in [0.1, 0.15) is 16.5 Å². The lowest BCUT2D eigenvalue weighted by molar-refractivity contribution is 0.0676. The van der Waals surface area contributed by atoms with Crippen LogP contribution in [0.2, 0.25) is 0 Å². The molecule has 0 radical (unpaired) electrons. The number of halogens is 1. The molecule has 126 valence electrons. The summed E-state index contributed by atoms with van der Waals surface area (Å²) < 4.78 is 13.0. The average molecular weight is 345 g/mol. The molecule has 2 unspecified atom stereocenters. The fraction of sp³-hybridized carbons (Fsp3) is 0.444. The van der Waals surface area contributed by atoms with E-state index in [9.17, 15) is 9.18 Å². The number of nitrogens with zero attached hydrogens (tertiary/aromatic N) is 2. The number of fused-ring (bicyclic) bond motifs is 2. The Morgan fingerprint density at radius 2 is 1.92 bits per heavy atom. The van der Waals surface area contributed by atoms with Crippen LogP contribution in [0.5, 0.6) is 0 Å². The van der Waals surface area contributed by atoms with E-state index in [4.69, 9.17) is 0 Å². The minimum Gasteiger partial charge on any atom is -0.337 e. The van der Waals surface area contributed by atoms with Gasteiger partial charge in [0.05, 0.1) is 0 Å². The summed E-state index contributed by atoms with van der Waals surface area (Å²) in [5.41, 5.74) is 1.32. The van der Waals surface area contributed by atoms with Crippen molar-refractivity contribution >= 4 is 17.2 Å². The van der Waals surface area contributed by atoms with Crippen molar-refractivity contribution in [2.75, 3.05) is 7.05 Å². The van der Waals surface area contributed by atoms with E-state index in [0.29, 0.717) is 17.8 Å². The van der Waals surface area contributed by atoms with Crippen molar-refractivity contribution in [1.82, 2.24) is 15.2 Å². The maximum Gasteiger partial charge on any atom is 0.273 e. The molecule has 1 amide bonds. The SMILES string of the molecule is CN(C(=O)c1csc(-c2ccc(F)cc2)n1)C1CC2CCC(C1)N2. The van der Waals surface area contributed by atoms with E-state index in [0.717, 1.165) is 23.4 Å². The van der Waals surface area contributed by atoms with Crippen LogP contribution in [-0.4, -0.2) is 41.0 Å². The Bertz CT molecular complexity index is 733. The van der Waals surface area contributed by atoms with E-state index in [1.807, 2.05) is 11.9 Å². The van der Waals surface area contributed by atoms with Crippen molar-refractivity contribution in [3.63, 3.8) is 0 Å². The highest BCUT2D eigenvalue weighted by Gasteiger charge is 2.36. The lowest BCUT2D eigenvalue weighted by Gasteiger charge is -2.35. The van der Waals surface area contributed by atoms with E-state index in [2.05, 4.69) is 10.3 Å². The third-order valence-corrected chi connectivity index (χ3v) is 6.02. The highest BCUT2D eigenvalue weighted by Crippen LogP contribution is 2.30. The Hall–Kier alpha value is -1.79. The zero-order valence-electron chi connectivity index (χ0n) is 13.5. The summed E-state index contributed by atoms with van der Waals surface area (Å²) >= 11 is 1.42. The molecule has 6 heteroatoms. The van der Waals surface area contributed by atoms with Crippen LogP contribution in [0.15, 0.2) is 29.6 Å². The second-order valence-corrected chi connectivity index (χ2v) is 7.58. The standard InChI is InChI=1S/C18H20FN3OS/c1-22(15-8-13-6-7-14(9-15)20-13)18(23)16-10-24-17(21-16)11-2-4-12(19)5-3-11/h2-5,10,13-15,20H,6-9H2,1H3. The average Bonchev–Trinajstić information content (AvgIpc) is 3.21. The van der Waals surface area contributed by atoms with Gasteiger partial charge in [-0.25, -0.2) is 9.37 Å². The summed E-state index contributed by atoms with van der Waals surface area (Å²) in [5.74, 6) is -0.294. The van der Waals surface area contributed by atoms with Crippen LogP contribution < -0.4 is 5.32 Å². The van der Waals surface area contributed by atoms with E-state index in [1.165, 1.54) is 36.3 Å². The Balaban J connectivity index is 1.49. The van der Waals surface area contributed by atoms with Gasteiger partial charge in [0, 0.05) is 36.1 Å². The number of hydrogen-bond acceptors (Lipinski definition) is 4. The number of thiazole rings is 1. The van der Waals surface area contributed by atoms with Gasteiger partial charge in [-0.05, 0) is 49.9 Å². The van der Waals surface area contributed by atoms with Crippen molar-refractivity contribution in [3.05, 3.63) is 41.2 Å². The molecule has 2 saturated heterocycles. The number of nitrogens with one attached hydrogen (secondary N) is 1. The summed E-state index contributed by atoms with van der Waals surface area (Å²) in [6.07, 6.45) is 4.48. The van der Waals surface area contributed by atoms with Crippen LogP contribution >= 0.6 is 11.3 Å². The fourth-order valence-corrected chi connectivity index (χ4v) is 4.59. The molecule has 24 heavy (non-hydrogen) atoms. The molecule has 1 aromatic heterocycles. The second kappa shape index (κ2) is 6.26. The third kappa shape index (κ3) is 2.96. The lowest BCUT2D eigenvalue weighted by Crippen LogP contribution is -2.48. The minimum atomic E-state index is -0.271. The number of benzene rings is 1. The van der Waals surface area contributed by atoms with Crippen LogP contribution in [0.25, 0.3) is 10.6 Å². The number of aromatic nitrogens is 1. The maximum atomic E-state index is 13.0. The molecular weight excluding hydrogens is 325 g/mol. The molecule has 4 rings (SSSR count). The van der Waals surface area contributed by atoms with Gasteiger partial charge in [-0.3, -0.25) is 4.79 Å². The van der Waals surface area contributed by atoms with Crippen LogP contribution in [-0.2, 0) is 0 Å². The normalized spacial score (nSPS) is 25.7. The number of hydrogen-bond donors (Lipinski definition) is 1. The van der Waals surface area contributed by atoms with Crippen molar-refractivity contribution in [3.8, 4) is 10.6 Å². The smallest absolute Gasteiger partial charge is 0.273 e. The predicted octanol–water partition coefficient (Wildman–Crippen LogP) is 3.30. The molecule has 1 aromatic carbocycles. The topological polar surface area (TPSA) is 45.2 Å². The van der Waals surface area contributed by atoms with Gasteiger partial charge >= 0.3 is 0 Å². The molecule has 4 nitrogen and oxygen atoms in total. The molecule has 2 fully saturated rings. The number of carbonyl (C=O) groups excluding carboxylic acids is 1.